The lowest BCUT2D eigenvalue weighted by atomic mass is 9.89. The number of hydrogen-bond donors (Lipinski definition) is 0. The molecule has 6 heteroatoms. The van der Waals surface area contributed by atoms with E-state index in [0.29, 0.717) is 23.9 Å². The van der Waals surface area contributed by atoms with Crippen molar-refractivity contribution in [3.05, 3.63) is 59.4 Å². The van der Waals surface area contributed by atoms with Crippen molar-refractivity contribution in [3.8, 4) is 0 Å². The molecule has 0 N–H and O–H groups in total. The van der Waals surface area contributed by atoms with Gasteiger partial charge in [-0.05, 0) is 55.3 Å². The maximum Gasteiger partial charge on any atom is 0.162 e. The molecule has 0 bridgehead atoms. The van der Waals surface area contributed by atoms with Crippen molar-refractivity contribution in [1.29, 1.82) is 0 Å². The Morgan fingerprint density at radius 1 is 1.14 bits per heavy atom. The number of fused-ring (bicyclic) bond motifs is 3. The molecule has 0 radical (unpaired) electrons. The number of nitrogens with zero attached hydrogens (tertiary/aromatic N) is 2. The molecule has 3 aliphatic heterocycles. The second kappa shape index (κ2) is 8.66. The highest BCUT2D eigenvalue weighted by atomic mass is 35.5. The number of rotatable bonds is 5. The van der Waals surface area contributed by atoms with E-state index in [2.05, 4.69) is 28.0 Å². The minimum absolute atomic E-state index is 0. The summed E-state index contributed by atoms with van der Waals surface area (Å²) in [7, 11) is 0. The molecule has 3 aliphatic rings. The summed E-state index contributed by atoms with van der Waals surface area (Å²) in [5.41, 5.74) is 3.65. The first kappa shape index (κ1) is 20.7. The zero-order valence-electron chi connectivity index (χ0n) is 16.4. The largest absolute Gasteiger partial charge is 0.366 e. The standard InChI is InChI=1S/C23H25FN2OS.ClH/c24-17-8-6-16(7-9-17)21(27)4-2-11-25-12-10-20-19(15-25)18-3-1-5-22-23(18)26(20)13-14-28-22;/h1,3,5-9,19-20H,2,4,10-15H2;1H/t19-,20-;/m1./s1. The van der Waals surface area contributed by atoms with Gasteiger partial charge in [0.05, 0.1) is 5.69 Å². The Morgan fingerprint density at radius 3 is 2.79 bits per heavy atom. The molecule has 29 heavy (non-hydrogen) atoms. The Hall–Kier alpha value is -1.56. The van der Waals surface area contributed by atoms with Crippen molar-refractivity contribution < 1.29 is 9.18 Å². The minimum Gasteiger partial charge on any atom is -0.366 e. The number of likely N-dealkylation sites (tertiary alicyclic amines) is 1. The number of benzene rings is 2. The van der Waals surface area contributed by atoms with Crippen LogP contribution in [0, 0.1) is 5.82 Å². The summed E-state index contributed by atoms with van der Waals surface area (Å²) < 4.78 is 13.0. The zero-order valence-corrected chi connectivity index (χ0v) is 18.0. The fourth-order valence-electron chi connectivity index (χ4n) is 5.09. The molecule has 0 spiro atoms. The Balaban J connectivity index is 0.00000205. The quantitative estimate of drug-likeness (QED) is 0.621. The number of para-hydroxylation sites is 1. The average Bonchev–Trinajstić information content (AvgIpc) is 3.04. The number of carbonyl (C=O) groups is 1. The molecule has 2 aromatic carbocycles. The summed E-state index contributed by atoms with van der Waals surface area (Å²) in [6.07, 6.45) is 2.59. The highest BCUT2D eigenvalue weighted by Gasteiger charge is 2.43. The van der Waals surface area contributed by atoms with Crippen LogP contribution in [0.5, 0.6) is 0 Å². The Bertz CT molecular complexity index is 891. The van der Waals surface area contributed by atoms with Gasteiger partial charge in [-0.2, -0.15) is 0 Å². The predicted molar refractivity (Wildman–Crippen MR) is 119 cm³/mol. The summed E-state index contributed by atoms with van der Waals surface area (Å²) in [6.45, 7) is 4.33. The van der Waals surface area contributed by atoms with Crippen molar-refractivity contribution in [2.75, 3.05) is 36.8 Å². The molecular formula is C23H26ClFN2OS. The molecule has 0 unspecified atom stereocenters. The summed E-state index contributed by atoms with van der Waals surface area (Å²) in [6, 6.07) is 13.4. The number of carbonyl (C=O) groups excluding carboxylic acids is 1. The topological polar surface area (TPSA) is 23.6 Å². The smallest absolute Gasteiger partial charge is 0.162 e. The number of ketones is 1. The third-order valence-electron chi connectivity index (χ3n) is 6.41. The third kappa shape index (κ3) is 3.92. The lowest BCUT2D eigenvalue weighted by molar-refractivity contribution is 0.0971. The summed E-state index contributed by atoms with van der Waals surface area (Å²) >= 11 is 1.99. The van der Waals surface area contributed by atoms with Gasteiger partial charge in [-0.15, -0.1) is 24.2 Å². The van der Waals surface area contributed by atoms with E-state index in [-0.39, 0.29) is 24.0 Å². The van der Waals surface area contributed by atoms with E-state index in [1.807, 2.05) is 11.8 Å². The van der Waals surface area contributed by atoms with Crippen LogP contribution in [-0.4, -0.2) is 48.7 Å². The maximum atomic E-state index is 13.0. The molecule has 0 aliphatic carbocycles. The van der Waals surface area contributed by atoms with Gasteiger partial charge in [0.25, 0.3) is 0 Å². The van der Waals surface area contributed by atoms with Crippen molar-refractivity contribution in [2.45, 2.75) is 36.1 Å². The predicted octanol–water partition coefficient (Wildman–Crippen LogP) is 4.99. The van der Waals surface area contributed by atoms with Crippen molar-refractivity contribution in [2.24, 2.45) is 0 Å². The van der Waals surface area contributed by atoms with Crippen LogP contribution in [0.4, 0.5) is 10.1 Å². The normalized spacial score (nSPS) is 22.6. The van der Waals surface area contributed by atoms with Gasteiger partial charge in [0.2, 0.25) is 0 Å². The van der Waals surface area contributed by atoms with Crippen molar-refractivity contribution >= 4 is 35.6 Å². The maximum absolute atomic E-state index is 13.0. The van der Waals surface area contributed by atoms with E-state index in [0.717, 1.165) is 26.1 Å². The molecule has 0 aromatic heterocycles. The zero-order chi connectivity index (χ0) is 19.1. The van der Waals surface area contributed by atoms with Gasteiger partial charge in [-0.1, -0.05) is 12.1 Å². The van der Waals surface area contributed by atoms with E-state index >= 15 is 0 Å². The molecule has 3 heterocycles. The number of halogens is 2. The summed E-state index contributed by atoms with van der Waals surface area (Å²) in [5.74, 6) is 1.60. The van der Waals surface area contributed by atoms with Crippen molar-refractivity contribution in [3.63, 3.8) is 0 Å². The van der Waals surface area contributed by atoms with Crippen LogP contribution in [0.15, 0.2) is 47.4 Å². The first-order valence-corrected chi connectivity index (χ1v) is 11.2. The molecule has 154 valence electrons. The highest BCUT2D eigenvalue weighted by molar-refractivity contribution is 7.99. The van der Waals surface area contributed by atoms with E-state index in [1.54, 1.807) is 12.1 Å². The molecule has 1 fully saturated rings. The van der Waals surface area contributed by atoms with Crippen LogP contribution in [0.3, 0.4) is 0 Å². The summed E-state index contributed by atoms with van der Waals surface area (Å²) in [4.78, 5) is 19.0. The third-order valence-corrected chi connectivity index (χ3v) is 7.44. The SMILES string of the molecule is Cl.O=C(CCCN1CC[C@@H]2[C@H](C1)c1cccc3c1N2CCS3)c1ccc(F)cc1. The van der Waals surface area contributed by atoms with Gasteiger partial charge in [-0.3, -0.25) is 4.79 Å². The lowest BCUT2D eigenvalue weighted by Crippen LogP contribution is -2.47. The molecule has 3 nitrogen and oxygen atoms in total. The molecule has 5 rings (SSSR count). The molecular weight excluding hydrogens is 407 g/mol. The molecule has 0 amide bonds. The van der Waals surface area contributed by atoms with E-state index < -0.39 is 0 Å². The van der Waals surface area contributed by atoms with Crippen LogP contribution >= 0.6 is 24.2 Å². The van der Waals surface area contributed by atoms with Crippen molar-refractivity contribution in [1.82, 2.24) is 4.90 Å². The van der Waals surface area contributed by atoms with Crippen LogP contribution in [-0.2, 0) is 0 Å². The first-order chi connectivity index (χ1) is 13.7. The number of hydrogen-bond acceptors (Lipinski definition) is 4. The molecule has 1 saturated heterocycles. The number of thioether (sulfide) groups is 1. The molecule has 2 aromatic rings. The van der Waals surface area contributed by atoms with Crippen LogP contribution < -0.4 is 4.90 Å². The van der Waals surface area contributed by atoms with Crippen LogP contribution in [0.25, 0.3) is 0 Å². The monoisotopic (exact) mass is 432 g/mol. The van der Waals surface area contributed by atoms with E-state index in [1.165, 1.54) is 47.0 Å². The molecule has 2 atom stereocenters. The Morgan fingerprint density at radius 2 is 1.97 bits per heavy atom. The Labute approximate surface area is 182 Å². The number of Topliss-reactive ketones (excluding diaryl/α,β-unsaturated/α-hetero) is 1. The van der Waals surface area contributed by atoms with Crippen LogP contribution in [0.2, 0.25) is 0 Å². The first-order valence-electron chi connectivity index (χ1n) is 10.2. The minimum atomic E-state index is -0.296. The second-order valence-corrected chi connectivity index (χ2v) is 9.17. The van der Waals surface area contributed by atoms with E-state index in [4.69, 9.17) is 0 Å². The van der Waals surface area contributed by atoms with Gasteiger partial charge in [0, 0.05) is 54.2 Å². The summed E-state index contributed by atoms with van der Waals surface area (Å²) in [5, 5.41) is 0. The van der Waals surface area contributed by atoms with Gasteiger partial charge in [0.1, 0.15) is 5.82 Å². The molecule has 0 saturated carbocycles. The van der Waals surface area contributed by atoms with Gasteiger partial charge >= 0.3 is 0 Å². The number of piperidine rings is 1. The fourth-order valence-corrected chi connectivity index (χ4v) is 6.15. The van der Waals surface area contributed by atoms with Crippen LogP contribution in [0.1, 0.15) is 41.1 Å². The van der Waals surface area contributed by atoms with Gasteiger partial charge in [-0.25, -0.2) is 4.39 Å². The average molecular weight is 433 g/mol. The van der Waals surface area contributed by atoms with Gasteiger partial charge < -0.3 is 9.80 Å². The van der Waals surface area contributed by atoms with Gasteiger partial charge in [0.15, 0.2) is 5.78 Å². The Kier molecular flexibility index (Phi) is 6.19. The highest BCUT2D eigenvalue weighted by Crippen LogP contribution is 2.50. The second-order valence-electron chi connectivity index (χ2n) is 8.03. The lowest BCUT2D eigenvalue weighted by Gasteiger charge is -2.40. The number of anilines is 1. The fraction of sp³-hybridized carbons (Fsp3) is 0.435. The van der Waals surface area contributed by atoms with E-state index in [9.17, 15) is 9.18 Å².